The number of halogens is 2. The zero-order chi connectivity index (χ0) is 11.5. The summed E-state index contributed by atoms with van der Waals surface area (Å²) in [6.45, 7) is 1.83. The van der Waals surface area contributed by atoms with Gasteiger partial charge in [0, 0.05) is 40.2 Å². The SMILES string of the molecule is O=S(Cc1c(F)cccc1Cl)CC1CNC1. The monoisotopic (exact) mass is 261 g/mol. The van der Waals surface area contributed by atoms with Crippen LogP contribution < -0.4 is 5.32 Å². The summed E-state index contributed by atoms with van der Waals surface area (Å²) < 4.78 is 25.2. The van der Waals surface area contributed by atoms with E-state index in [1.165, 1.54) is 6.07 Å². The highest BCUT2D eigenvalue weighted by Crippen LogP contribution is 2.21. The number of hydrogen-bond donors (Lipinski definition) is 1. The Balaban J connectivity index is 1.99. The number of benzene rings is 1. The van der Waals surface area contributed by atoms with E-state index in [-0.39, 0.29) is 11.6 Å². The van der Waals surface area contributed by atoms with Crippen LogP contribution in [-0.4, -0.2) is 23.1 Å². The molecule has 0 aliphatic carbocycles. The molecule has 1 aliphatic rings. The fourth-order valence-corrected chi connectivity index (χ4v) is 3.42. The first kappa shape index (κ1) is 12.0. The van der Waals surface area contributed by atoms with E-state index in [0.717, 1.165) is 13.1 Å². The van der Waals surface area contributed by atoms with Crippen LogP contribution in [0.4, 0.5) is 4.39 Å². The van der Waals surface area contributed by atoms with Gasteiger partial charge in [0.15, 0.2) is 0 Å². The fraction of sp³-hybridized carbons (Fsp3) is 0.455. The van der Waals surface area contributed by atoms with Gasteiger partial charge in [-0.05, 0) is 18.1 Å². The topological polar surface area (TPSA) is 29.1 Å². The summed E-state index contributed by atoms with van der Waals surface area (Å²) in [5.74, 6) is 0.929. The van der Waals surface area contributed by atoms with Crippen molar-refractivity contribution < 1.29 is 8.60 Å². The van der Waals surface area contributed by atoms with Gasteiger partial charge >= 0.3 is 0 Å². The average Bonchev–Trinajstić information content (AvgIpc) is 2.18. The predicted octanol–water partition coefficient (Wildman–Crippen LogP) is 1.95. The second-order valence-electron chi connectivity index (χ2n) is 3.98. The van der Waals surface area contributed by atoms with E-state index in [1.54, 1.807) is 12.1 Å². The lowest BCUT2D eigenvalue weighted by atomic mass is 10.1. The Bertz CT molecular complexity index is 389. The van der Waals surface area contributed by atoms with Gasteiger partial charge < -0.3 is 5.32 Å². The molecule has 88 valence electrons. The first-order valence-corrected chi connectivity index (χ1v) is 7.02. The lowest BCUT2D eigenvalue weighted by Gasteiger charge is -2.26. The van der Waals surface area contributed by atoms with Crippen molar-refractivity contribution in [1.82, 2.24) is 5.32 Å². The minimum Gasteiger partial charge on any atom is -0.316 e. The smallest absolute Gasteiger partial charge is 0.128 e. The Morgan fingerprint density at radius 2 is 2.25 bits per heavy atom. The molecule has 5 heteroatoms. The summed E-state index contributed by atoms with van der Waals surface area (Å²) in [5, 5.41) is 3.48. The average molecular weight is 262 g/mol. The standard InChI is InChI=1S/C11H13ClFNOS/c12-10-2-1-3-11(13)9(10)7-16(15)6-8-4-14-5-8/h1-3,8,14H,4-7H2. The third kappa shape index (κ3) is 2.81. The molecule has 0 saturated carbocycles. The molecule has 1 unspecified atom stereocenters. The second kappa shape index (κ2) is 5.25. The fourth-order valence-electron chi connectivity index (χ4n) is 1.62. The lowest BCUT2D eigenvalue weighted by Crippen LogP contribution is -2.44. The van der Waals surface area contributed by atoms with Gasteiger partial charge in [0.25, 0.3) is 0 Å². The Morgan fingerprint density at radius 3 is 2.81 bits per heavy atom. The minimum atomic E-state index is -1.03. The molecule has 0 radical (unpaired) electrons. The summed E-state index contributed by atoms with van der Waals surface area (Å²) in [6.07, 6.45) is 0. The van der Waals surface area contributed by atoms with Crippen molar-refractivity contribution in [3.8, 4) is 0 Å². The van der Waals surface area contributed by atoms with Crippen LogP contribution in [0.2, 0.25) is 5.02 Å². The third-order valence-corrected chi connectivity index (χ3v) is 4.46. The molecule has 0 amide bonds. The van der Waals surface area contributed by atoms with Gasteiger partial charge in [-0.2, -0.15) is 0 Å². The number of rotatable bonds is 4. The largest absolute Gasteiger partial charge is 0.316 e. The molecular formula is C11H13ClFNOS. The van der Waals surface area contributed by atoms with Crippen molar-refractivity contribution in [2.75, 3.05) is 18.8 Å². The van der Waals surface area contributed by atoms with Crippen molar-refractivity contribution >= 4 is 22.4 Å². The van der Waals surface area contributed by atoms with E-state index >= 15 is 0 Å². The molecule has 0 aromatic heterocycles. The van der Waals surface area contributed by atoms with Crippen molar-refractivity contribution in [2.45, 2.75) is 5.75 Å². The maximum absolute atomic E-state index is 13.4. The zero-order valence-electron chi connectivity index (χ0n) is 8.71. The van der Waals surface area contributed by atoms with Gasteiger partial charge in [0.1, 0.15) is 5.82 Å². The zero-order valence-corrected chi connectivity index (χ0v) is 10.3. The Labute approximate surface area is 102 Å². The van der Waals surface area contributed by atoms with Crippen LogP contribution >= 0.6 is 11.6 Å². The lowest BCUT2D eigenvalue weighted by molar-refractivity contribution is 0.382. The molecule has 0 spiro atoms. The number of nitrogens with one attached hydrogen (secondary N) is 1. The molecule has 2 nitrogen and oxygen atoms in total. The van der Waals surface area contributed by atoms with Gasteiger partial charge in [0.2, 0.25) is 0 Å². The van der Waals surface area contributed by atoms with Gasteiger partial charge in [-0.3, -0.25) is 4.21 Å². The minimum absolute atomic E-state index is 0.210. The van der Waals surface area contributed by atoms with E-state index in [4.69, 9.17) is 11.6 Å². The normalized spacial score (nSPS) is 18.1. The molecule has 0 bridgehead atoms. The molecule has 2 rings (SSSR count). The van der Waals surface area contributed by atoms with Crippen LogP contribution in [0.3, 0.4) is 0 Å². The molecule has 1 saturated heterocycles. The summed E-state index contributed by atoms with van der Waals surface area (Å²) in [5.41, 5.74) is 0.370. The van der Waals surface area contributed by atoms with E-state index in [1.807, 2.05) is 0 Å². The van der Waals surface area contributed by atoms with Gasteiger partial charge in [-0.25, -0.2) is 4.39 Å². The van der Waals surface area contributed by atoms with Crippen molar-refractivity contribution in [3.63, 3.8) is 0 Å². The highest BCUT2D eigenvalue weighted by atomic mass is 35.5. The second-order valence-corrected chi connectivity index (χ2v) is 5.88. The van der Waals surface area contributed by atoms with Crippen molar-refractivity contribution in [1.29, 1.82) is 0 Å². The highest BCUT2D eigenvalue weighted by Gasteiger charge is 2.20. The maximum atomic E-state index is 13.4. The number of hydrogen-bond acceptors (Lipinski definition) is 2. The van der Waals surface area contributed by atoms with E-state index in [2.05, 4.69) is 5.32 Å². The quantitative estimate of drug-likeness (QED) is 0.898. The van der Waals surface area contributed by atoms with Crippen LogP contribution in [0.25, 0.3) is 0 Å². The third-order valence-electron chi connectivity index (χ3n) is 2.65. The van der Waals surface area contributed by atoms with Gasteiger partial charge in [-0.1, -0.05) is 17.7 Å². The van der Waals surface area contributed by atoms with Crippen LogP contribution in [0.1, 0.15) is 5.56 Å². The first-order chi connectivity index (χ1) is 7.66. The first-order valence-electron chi connectivity index (χ1n) is 5.15. The van der Waals surface area contributed by atoms with Crippen molar-refractivity contribution in [2.24, 2.45) is 5.92 Å². The molecule has 1 aliphatic heterocycles. The van der Waals surface area contributed by atoms with Crippen LogP contribution in [0.15, 0.2) is 18.2 Å². The molecule has 1 fully saturated rings. The van der Waals surface area contributed by atoms with E-state index < -0.39 is 10.8 Å². The molecular weight excluding hydrogens is 249 g/mol. The summed E-state index contributed by atoms with van der Waals surface area (Å²) in [4.78, 5) is 0. The summed E-state index contributed by atoms with van der Waals surface area (Å²) >= 11 is 5.87. The molecule has 16 heavy (non-hydrogen) atoms. The maximum Gasteiger partial charge on any atom is 0.128 e. The summed E-state index contributed by atoms with van der Waals surface area (Å²) in [6, 6.07) is 4.53. The highest BCUT2D eigenvalue weighted by molar-refractivity contribution is 7.84. The summed E-state index contributed by atoms with van der Waals surface area (Å²) in [7, 11) is -1.03. The van der Waals surface area contributed by atoms with Crippen LogP contribution in [0, 0.1) is 11.7 Å². The molecule has 1 heterocycles. The molecule has 1 aromatic carbocycles. The van der Waals surface area contributed by atoms with Crippen LogP contribution in [0.5, 0.6) is 0 Å². The Hall–Kier alpha value is -0.450. The molecule has 1 aromatic rings. The van der Waals surface area contributed by atoms with Gasteiger partial charge in [-0.15, -0.1) is 0 Å². The van der Waals surface area contributed by atoms with E-state index in [0.29, 0.717) is 22.3 Å². The Morgan fingerprint density at radius 1 is 1.50 bits per heavy atom. The van der Waals surface area contributed by atoms with Gasteiger partial charge in [0.05, 0.1) is 5.75 Å². The van der Waals surface area contributed by atoms with E-state index in [9.17, 15) is 8.60 Å². The molecule has 1 atom stereocenters. The predicted molar refractivity (Wildman–Crippen MR) is 64.5 cm³/mol. The van der Waals surface area contributed by atoms with Crippen LogP contribution in [-0.2, 0) is 16.6 Å². The molecule has 1 N–H and O–H groups in total. The van der Waals surface area contributed by atoms with Crippen molar-refractivity contribution in [3.05, 3.63) is 34.6 Å². The Kier molecular flexibility index (Phi) is 3.95.